The van der Waals surface area contributed by atoms with Crippen molar-refractivity contribution in [3.8, 4) is 11.5 Å². The lowest BCUT2D eigenvalue weighted by molar-refractivity contribution is -0.141. The third-order valence-corrected chi connectivity index (χ3v) is 8.29. The van der Waals surface area contributed by atoms with Gasteiger partial charge in [-0.1, -0.05) is 55.8 Å². The number of hydrogen-bond donors (Lipinski definition) is 1. The quantitative estimate of drug-likeness (QED) is 0.220. The van der Waals surface area contributed by atoms with Gasteiger partial charge in [0, 0.05) is 32.5 Å². The zero-order valence-corrected chi connectivity index (χ0v) is 26.3. The fourth-order valence-corrected chi connectivity index (χ4v) is 5.75. The highest BCUT2D eigenvalue weighted by Crippen LogP contribution is 2.23. The number of carbonyl (C=O) groups is 2. The van der Waals surface area contributed by atoms with Crippen LogP contribution in [0.2, 0.25) is 0 Å². The Kier molecular flexibility index (Phi) is 12.9. The Morgan fingerprint density at radius 2 is 1.53 bits per heavy atom. The molecule has 0 heterocycles. The molecule has 0 spiro atoms. The molecular formula is C33H43N3O6S. The van der Waals surface area contributed by atoms with Crippen molar-refractivity contribution in [2.75, 3.05) is 37.9 Å². The van der Waals surface area contributed by atoms with Crippen molar-refractivity contribution >= 4 is 27.5 Å². The molecule has 3 aromatic carbocycles. The summed E-state index contributed by atoms with van der Waals surface area (Å²) in [6.45, 7) is 2.88. The third kappa shape index (κ3) is 10.3. The van der Waals surface area contributed by atoms with Gasteiger partial charge in [0.05, 0.1) is 26.2 Å². The second-order valence-electron chi connectivity index (χ2n) is 10.4. The van der Waals surface area contributed by atoms with Crippen LogP contribution in [-0.4, -0.2) is 64.7 Å². The van der Waals surface area contributed by atoms with Gasteiger partial charge in [0.2, 0.25) is 21.8 Å². The molecule has 0 saturated carbocycles. The van der Waals surface area contributed by atoms with Gasteiger partial charge in [-0.3, -0.25) is 13.9 Å². The van der Waals surface area contributed by atoms with Gasteiger partial charge in [0.1, 0.15) is 17.5 Å². The van der Waals surface area contributed by atoms with Crippen LogP contribution in [-0.2, 0) is 32.6 Å². The summed E-state index contributed by atoms with van der Waals surface area (Å²) in [5.74, 6) is 0.810. The molecule has 2 amide bonds. The molecule has 232 valence electrons. The topological polar surface area (TPSA) is 105 Å². The molecule has 9 nitrogen and oxygen atoms in total. The summed E-state index contributed by atoms with van der Waals surface area (Å²) in [6, 6.07) is 23.0. The summed E-state index contributed by atoms with van der Waals surface area (Å²) in [6.07, 6.45) is 3.57. The molecule has 0 aliphatic rings. The molecule has 0 radical (unpaired) electrons. The average Bonchev–Trinajstić information content (AvgIpc) is 3.01. The van der Waals surface area contributed by atoms with Crippen molar-refractivity contribution in [2.24, 2.45) is 0 Å². The summed E-state index contributed by atoms with van der Waals surface area (Å²) in [5.41, 5.74) is 2.24. The lowest BCUT2D eigenvalue weighted by Crippen LogP contribution is -2.50. The number of rotatable bonds is 17. The van der Waals surface area contributed by atoms with Crippen molar-refractivity contribution < 1.29 is 27.5 Å². The van der Waals surface area contributed by atoms with Gasteiger partial charge in [-0.25, -0.2) is 8.42 Å². The first-order valence-corrected chi connectivity index (χ1v) is 16.4. The van der Waals surface area contributed by atoms with E-state index in [-0.39, 0.29) is 37.7 Å². The van der Waals surface area contributed by atoms with Gasteiger partial charge in [-0.15, -0.1) is 0 Å². The number of amides is 2. The molecule has 0 fully saturated rings. The predicted octanol–water partition coefficient (Wildman–Crippen LogP) is 4.81. The van der Waals surface area contributed by atoms with Crippen LogP contribution in [0.1, 0.15) is 43.7 Å². The Hall–Kier alpha value is -4.05. The minimum absolute atomic E-state index is 0.0552. The second-order valence-corrected chi connectivity index (χ2v) is 12.3. The van der Waals surface area contributed by atoms with Crippen LogP contribution in [0.25, 0.3) is 0 Å². The molecule has 0 aromatic heterocycles. The number of sulfonamides is 1. The van der Waals surface area contributed by atoms with E-state index >= 15 is 0 Å². The number of nitrogens with one attached hydrogen (secondary N) is 1. The highest BCUT2D eigenvalue weighted by atomic mass is 32.2. The predicted molar refractivity (Wildman–Crippen MR) is 170 cm³/mol. The fraction of sp³-hybridized carbons (Fsp3) is 0.394. The van der Waals surface area contributed by atoms with Crippen LogP contribution in [0.5, 0.6) is 11.5 Å². The van der Waals surface area contributed by atoms with Crippen LogP contribution in [0.4, 0.5) is 5.69 Å². The van der Waals surface area contributed by atoms with E-state index < -0.39 is 16.1 Å². The maximum atomic E-state index is 13.9. The number of methoxy groups -OCH3 is 2. The molecule has 0 saturated heterocycles. The number of unbranched alkanes of at least 4 members (excludes halogenated alkanes) is 1. The Morgan fingerprint density at radius 1 is 0.860 bits per heavy atom. The van der Waals surface area contributed by atoms with E-state index in [1.807, 2.05) is 54.6 Å². The van der Waals surface area contributed by atoms with Crippen LogP contribution < -0.4 is 19.1 Å². The zero-order valence-electron chi connectivity index (χ0n) is 25.5. The SMILES string of the molecule is CCCCNC(=O)[C@@H](Cc1ccccc1)N(Cc1cccc(OC)c1)C(=O)CCCN(c1ccc(OC)cc1)S(C)(=O)=O. The number of carbonyl (C=O) groups excluding carboxylic acids is 2. The average molecular weight is 610 g/mol. The lowest BCUT2D eigenvalue weighted by Gasteiger charge is -2.32. The summed E-state index contributed by atoms with van der Waals surface area (Å²) >= 11 is 0. The monoisotopic (exact) mass is 609 g/mol. The number of benzene rings is 3. The Morgan fingerprint density at radius 3 is 2.16 bits per heavy atom. The molecule has 1 N–H and O–H groups in total. The molecule has 1 atom stereocenters. The van der Waals surface area contributed by atoms with Crippen LogP contribution in [0.15, 0.2) is 78.9 Å². The number of anilines is 1. The summed E-state index contributed by atoms with van der Waals surface area (Å²) in [5, 5.41) is 3.02. The van der Waals surface area contributed by atoms with Gasteiger partial charge >= 0.3 is 0 Å². The van der Waals surface area contributed by atoms with E-state index in [0.717, 1.165) is 30.2 Å². The van der Waals surface area contributed by atoms with E-state index in [1.54, 1.807) is 43.4 Å². The molecule has 43 heavy (non-hydrogen) atoms. The Balaban J connectivity index is 1.88. The summed E-state index contributed by atoms with van der Waals surface area (Å²) in [7, 11) is -0.482. The van der Waals surface area contributed by atoms with E-state index in [1.165, 1.54) is 4.31 Å². The lowest BCUT2D eigenvalue weighted by atomic mass is 10.0. The minimum Gasteiger partial charge on any atom is -0.497 e. The fourth-order valence-electron chi connectivity index (χ4n) is 4.78. The number of nitrogens with zero attached hydrogens (tertiary/aromatic N) is 2. The van der Waals surface area contributed by atoms with Crippen LogP contribution in [0, 0.1) is 0 Å². The highest BCUT2D eigenvalue weighted by molar-refractivity contribution is 7.92. The summed E-state index contributed by atoms with van der Waals surface area (Å²) < 4.78 is 37.2. The van der Waals surface area contributed by atoms with E-state index in [9.17, 15) is 18.0 Å². The Labute approximate surface area is 255 Å². The standard InChI is InChI=1S/C33H43N3O6S/c1-5-6-21-34-33(38)31(24-26-12-8-7-9-13-26)35(25-27-14-10-15-30(23-27)42-3)32(37)16-11-22-36(43(4,39)40)28-17-19-29(41-2)20-18-28/h7-10,12-15,17-20,23,31H,5-6,11,16,21-22,24-25H2,1-4H3,(H,34,38)/t31-/m1/s1. The van der Waals surface area contributed by atoms with Crippen molar-refractivity contribution in [2.45, 2.75) is 51.6 Å². The first-order valence-electron chi connectivity index (χ1n) is 14.5. The van der Waals surface area contributed by atoms with Gasteiger partial charge in [-0.2, -0.15) is 0 Å². The minimum atomic E-state index is -3.61. The highest BCUT2D eigenvalue weighted by Gasteiger charge is 2.30. The first-order chi connectivity index (χ1) is 20.7. The van der Waals surface area contributed by atoms with Crippen molar-refractivity contribution in [1.82, 2.24) is 10.2 Å². The van der Waals surface area contributed by atoms with Gasteiger partial charge < -0.3 is 19.7 Å². The second kappa shape index (κ2) is 16.6. The first kappa shape index (κ1) is 33.5. The van der Waals surface area contributed by atoms with E-state index in [2.05, 4.69) is 12.2 Å². The van der Waals surface area contributed by atoms with Crippen molar-refractivity contribution in [3.63, 3.8) is 0 Å². The third-order valence-electron chi connectivity index (χ3n) is 7.10. The molecule has 3 rings (SSSR count). The molecule has 0 aliphatic heterocycles. The molecule has 10 heteroatoms. The maximum Gasteiger partial charge on any atom is 0.243 e. The normalized spacial score (nSPS) is 11.8. The smallest absolute Gasteiger partial charge is 0.243 e. The van der Waals surface area contributed by atoms with Crippen molar-refractivity contribution in [3.05, 3.63) is 90.0 Å². The number of hydrogen-bond acceptors (Lipinski definition) is 6. The van der Waals surface area contributed by atoms with E-state index in [0.29, 0.717) is 30.2 Å². The van der Waals surface area contributed by atoms with Crippen LogP contribution >= 0.6 is 0 Å². The van der Waals surface area contributed by atoms with E-state index in [4.69, 9.17) is 9.47 Å². The molecule has 0 unspecified atom stereocenters. The van der Waals surface area contributed by atoms with Crippen molar-refractivity contribution in [1.29, 1.82) is 0 Å². The molecule has 0 aliphatic carbocycles. The largest absolute Gasteiger partial charge is 0.497 e. The molecule has 3 aromatic rings. The van der Waals surface area contributed by atoms with Gasteiger partial charge in [0.25, 0.3) is 0 Å². The van der Waals surface area contributed by atoms with Gasteiger partial charge in [0.15, 0.2) is 0 Å². The Bertz CT molecular complexity index is 1410. The molecule has 0 bridgehead atoms. The van der Waals surface area contributed by atoms with Crippen LogP contribution in [0.3, 0.4) is 0 Å². The maximum absolute atomic E-state index is 13.9. The number of ether oxygens (including phenoxy) is 2. The molecular weight excluding hydrogens is 566 g/mol. The van der Waals surface area contributed by atoms with Gasteiger partial charge in [-0.05, 0) is 60.4 Å². The summed E-state index contributed by atoms with van der Waals surface area (Å²) in [4.78, 5) is 29.2. The zero-order chi connectivity index (χ0) is 31.2.